The molecule has 2 aromatic carbocycles. The van der Waals surface area contributed by atoms with Crippen LogP contribution in [0.1, 0.15) is 56.4 Å². The Hall–Kier alpha value is -2.76. The first-order valence-electron chi connectivity index (χ1n) is 12.1. The third-order valence-corrected chi connectivity index (χ3v) is 8.49. The molecular formula is C27H20Cl2F6N2O2S. The fourth-order valence-corrected chi connectivity index (χ4v) is 6.29. The molecule has 0 N–H and O–H groups in total. The van der Waals surface area contributed by atoms with Crippen LogP contribution < -0.4 is 0 Å². The molecule has 0 saturated heterocycles. The van der Waals surface area contributed by atoms with Crippen molar-refractivity contribution < 1.29 is 35.9 Å². The monoisotopic (exact) mass is 620 g/mol. The summed E-state index contributed by atoms with van der Waals surface area (Å²) in [5.41, 5.74) is -2.50. The van der Waals surface area contributed by atoms with Gasteiger partial charge in [-0.2, -0.15) is 26.3 Å². The standard InChI is InChI=1S/C27H20Cl2F6N2O2S/c28-17-1-4-19(21(29)12-17)24-20-6-8-40-22(20)5-7-36(24)23(38)13-37(18-2-3-18)25(39)14-9-15(26(30,31)32)11-16(10-14)27(33,34)35/h1,4,6,8-12,18,24H,2-3,5,7,13H2. The van der Waals surface area contributed by atoms with Crippen LogP contribution in [0.25, 0.3) is 0 Å². The van der Waals surface area contributed by atoms with E-state index in [1.54, 1.807) is 23.1 Å². The number of carbonyl (C=O) groups excluding carboxylic acids is 2. The molecule has 212 valence electrons. The number of hydrogen-bond donors (Lipinski definition) is 0. The Labute approximate surface area is 239 Å². The molecule has 1 atom stereocenters. The number of carbonyl (C=O) groups is 2. The smallest absolute Gasteiger partial charge is 0.330 e. The summed E-state index contributed by atoms with van der Waals surface area (Å²) < 4.78 is 80.5. The molecule has 3 aromatic rings. The van der Waals surface area contributed by atoms with Gasteiger partial charge < -0.3 is 9.80 Å². The molecule has 13 heteroatoms. The number of fused-ring (bicyclic) bond motifs is 1. The lowest BCUT2D eigenvalue weighted by Gasteiger charge is -2.38. The maximum absolute atomic E-state index is 13.7. The highest BCUT2D eigenvalue weighted by molar-refractivity contribution is 7.10. The minimum absolute atomic E-state index is 0.0317. The number of halogens is 8. The molecule has 2 heterocycles. The van der Waals surface area contributed by atoms with Crippen LogP contribution in [0.5, 0.6) is 0 Å². The van der Waals surface area contributed by atoms with Crippen LogP contribution in [0.3, 0.4) is 0 Å². The number of benzene rings is 2. The van der Waals surface area contributed by atoms with Crippen molar-refractivity contribution in [2.75, 3.05) is 13.1 Å². The van der Waals surface area contributed by atoms with E-state index in [4.69, 9.17) is 23.2 Å². The van der Waals surface area contributed by atoms with Gasteiger partial charge in [0.1, 0.15) is 6.54 Å². The minimum atomic E-state index is -5.10. The highest BCUT2D eigenvalue weighted by atomic mass is 35.5. The Morgan fingerprint density at radius 2 is 1.57 bits per heavy atom. The SMILES string of the molecule is O=C(c1cc(C(F)(F)F)cc(C(F)(F)F)c1)N(CC(=O)N1CCc2sccc2C1c1ccc(Cl)cc1Cl)C1CC1. The molecule has 0 radical (unpaired) electrons. The lowest BCUT2D eigenvalue weighted by atomic mass is 9.93. The predicted octanol–water partition coefficient (Wildman–Crippen LogP) is 7.87. The van der Waals surface area contributed by atoms with Gasteiger partial charge in [0.15, 0.2) is 0 Å². The quantitative estimate of drug-likeness (QED) is 0.272. The van der Waals surface area contributed by atoms with Crippen molar-refractivity contribution in [3.63, 3.8) is 0 Å². The fraction of sp³-hybridized carbons (Fsp3) is 0.333. The van der Waals surface area contributed by atoms with Crippen molar-refractivity contribution in [2.45, 2.75) is 43.7 Å². The van der Waals surface area contributed by atoms with Crippen molar-refractivity contribution in [3.8, 4) is 0 Å². The van der Waals surface area contributed by atoms with Crippen LogP contribution in [0.15, 0.2) is 47.8 Å². The van der Waals surface area contributed by atoms with Crippen molar-refractivity contribution in [1.82, 2.24) is 9.80 Å². The second kappa shape index (κ2) is 10.6. The van der Waals surface area contributed by atoms with Crippen LogP contribution >= 0.6 is 34.5 Å². The molecule has 2 amide bonds. The van der Waals surface area contributed by atoms with E-state index in [-0.39, 0.29) is 12.6 Å². The van der Waals surface area contributed by atoms with Crippen LogP contribution in [-0.4, -0.2) is 40.7 Å². The van der Waals surface area contributed by atoms with Gasteiger partial charge in [-0.3, -0.25) is 9.59 Å². The average molecular weight is 621 g/mol. The first-order chi connectivity index (χ1) is 18.7. The molecule has 2 aliphatic rings. The zero-order chi connectivity index (χ0) is 29.0. The molecule has 40 heavy (non-hydrogen) atoms. The summed E-state index contributed by atoms with van der Waals surface area (Å²) in [6.45, 7) is -0.229. The van der Waals surface area contributed by atoms with Gasteiger partial charge in [-0.1, -0.05) is 29.3 Å². The van der Waals surface area contributed by atoms with E-state index in [0.29, 0.717) is 47.0 Å². The lowest BCUT2D eigenvalue weighted by Crippen LogP contribution is -2.47. The van der Waals surface area contributed by atoms with E-state index in [1.165, 1.54) is 11.3 Å². The molecule has 1 fully saturated rings. The van der Waals surface area contributed by atoms with E-state index < -0.39 is 59.5 Å². The Morgan fingerprint density at radius 1 is 0.925 bits per heavy atom. The van der Waals surface area contributed by atoms with Gasteiger partial charge in [0.25, 0.3) is 5.91 Å². The maximum Gasteiger partial charge on any atom is 0.416 e. The Kier molecular flexibility index (Phi) is 7.60. The molecule has 1 aromatic heterocycles. The van der Waals surface area contributed by atoms with E-state index in [9.17, 15) is 35.9 Å². The first kappa shape index (κ1) is 28.8. The third kappa shape index (κ3) is 5.82. The Balaban J connectivity index is 1.48. The second-order valence-corrected chi connectivity index (χ2v) is 11.5. The largest absolute Gasteiger partial charge is 0.416 e. The van der Waals surface area contributed by atoms with E-state index >= 15 is 0 Å². The van der Waals surface area contributed by atoms with Crippen LogP contribution in [-0.2, 0) is 23.6 Å². The van der Waals surface area contributed by atoms with Gasteiger partial charge >= 0.3 is 12.4 Å². The number of hydrogen-bond acceptors (Lipinski definition) is 3. The zero-order valence-electron chi connectivity index (χ0n) is 20.5. The Bertz CT molecular complexity index is 1440. The molecule has 1 saturated carbocycles. The molecule has 1 aliphatic heterocycles. The summed E-state index contributed by atoms with van der Waals surface area (Å²) >= 11 is 14.1. The van der Waals surface area contributed by atoms with Crippen molar-refractivity contribution >= 4 is 46.4 Å². The van der Waals surface area contributed by atoms with Crippen molar-refractivity contribution in [2.24, 2.45) is 0 Å². The number of rotatable bonds is 5. The average Bonchev–Trinajstić information content (AvgIpc) is 3.60. The highest BCUT2D eigenvalue weighted by Crippen LogP contribution is 2.42. The molecule has 5 rings (SSSR count). The topological polar surface area (TPSA) is 40.6 Å². The van der Waals surface area contributed by atoms with Crippen LogP contribution in [0.2, 0.25) is 10.0 Å². The van der Waals surface area contributed by atoms with Gasteiger partial charge in [0.05, 0.1) is 17.2 Å². The van der Waals surface area contributed by atoms with Crippen LogP contribution in [0.4, 0.5) is 26.3 Å². The first-order valence-corrected chi connectivity index (χ1v) is 13.8. The molecule has 0 spiro atoms. The summed E-state index contributed by atoms with van der Waals surface area (Å²) in [6, 6.07) is 6.45. The minimum Gasteiger partial charge on any atom is -0.330 e. The van der Waals surface area contributed by atoms with Gasteiger partial charge in [-0.15, -0.1) is 11.3 Å². The zero-order valence-corrected chi connectivity index (χ0v) is 22.8. The summed E-state index contributed by atoms with van der Waals surface area (Å²) in [5, 5.41) is 2.62. The van der Waals surface area contributed by atoms with E-state index in [1.807, 2.05) is 11.4 Å². The van der Waals surface area contributed by atoms with Crippen LogP contribution in [0, 0.1) is 0 Å². The molecule has 1 unspecified atom stereocenters. The highest BCUT2D eigenvalue weighted by Gasteiger charge is 2.41. The molecule has 4 nitrogen and oxygen atoms in total. The molecule has 0 bridgehead atoms. The number of alkyl halides is 6. The lowest BCUT2D eigenvalue weighted by molar-refractivity contribution is -0.143. The predicted molar refractivity (Wildman–Crippen MR) is 139 cm³/mol. The van der Waals surface area contributed by atoms with Crippen molar-refractivity contribution in [1.29, 1.82) is 0 Å². The number of thiophene rings is 1. The summed E-state index contributed by atoms with van der Waals surface area (Å²) in [6.07, 6.45) is -8.71. The third-order valence-electron chi connectivity index (χ3n) is 6.93. The van der Waals surface area contributed by atoms with Gasteiger partial charge in [0.2, 0.25) is 5.91 Å². The maximum atomic E-state index is 13.7. The molecule has 1 aliphatic carbocycles. The molecular weight excluding hydrogens is 601 g/mol. The Morgan fingerprint density at radius 3 is 2.15 bits per heavy atom. The van der Waals surface area contributed by atoms with E-state index in [0.717, 1.165) is 15.3 Å². The fourth-order valence-electron chi connectivity index (χ4n) is 4.88. The van der Waals surface area contributed by atoms with Gasteiger partial charge in [-0.25, -0.2) is 0 Å². The normalized spacial score (nSPS) is 17.5. The van der Waals surface area contributed by atoms with E-state index in [2.05, 4.69) is 0 Å². The second-order valence-electron chi connectivity index (χ2n) is 9.66. The summed E-state index contributed by atoms with van der Waals surface area (Å²) in [7, 11) is 0. The number of amides is 2. The van der Waals surface area contributed by atoms with Crippen molar-refractivity contribution in [3.05, 3.63) is 90.6 Å². The summed E-state index contributed by atoms with van der Waals surface area (Å²) in [4.78, 5) is 30.8. The van der Waals surface area contributed by atoms with Gasteiger partial charge in [-0.05, 0) is 72.2 Å². The number of nitrogens with zero attached hydrogens (tertiary/aromatic N) is 2. The van der Waals surface area contributed by atoms with Gasteiger partial charge in [0, 0.05) is 33.1 Å². The summed E-state index contributed by atoms with van der Waals surface area (Å²) in [5.74, 6) is -1.57.